The number of nitrogens with zero attached hydrogens (tertiary/aromatic N) is 2. The lowest BCUT2D eigenvalue weighted by atomic mass is 10.2. The molecule has 1 aliphatic rings. The van der Waals surface area contributed by atoms with Crippen LogP contribution in [0.15, 0.2) is 0 Å². The average molecular weight is 271 g/mol. The van der Waals surface area contributed by atoms with Crippen LogP contribution in [0.1, 0.15) is 19.8 Å². The Hall–Kier alpha value is -1.14. The number of ether oxygens (including phenoxy) is 1. The van der Waals surface area contributed by atoms with E-state index in [9.17, 15) is 9.59 Å². The van der Waals surface area contributed by atoms with Gasteiger partial charge in [0.15, 0.2) is 0 Å². The second-order valence-electron chi connectivity index (χ2n) is 4.59. The van der Waals surface area contributed by atoms with E-state index in [1.165, 1.54) is 0 Å². The molecule has 0 saturated carbocycles. The van der Waals surface area contributed by atoms with Gasteiger partial charge in [0.25, 0.3) is 0 Å². The molecule has 0 unspecified atom stereocenters. The van der Waals surface area contributed by atoms with Crippen LogP contribution in [-0.4, -0.2) is 74.6 Å². The highest BCUT2D eigenvalue weighted by atomic mass is 16.5. The second kappa shape index (κ2) is 8.87. The lowest BCUT2D eigenvalue weighted by molar-refractivity contribution is -0.135. The molecule has 110 valence electrons. The van der Waals surface area contributed by atoms with Gasteiger partial charge in [0, 0.05) is 59.2 Å². The van der Waals surface area contributed by atoms with Crippen LogP contribution in [0.4, 0.5) is 0 Å². The monoisotopic (exact) mass is 271 g/mol. The molecule has 0 aromatic rings. The molecule has 6 heteroatoms. The molecular weight excluding hydrogens is 246 g/mol. The van der Waals surface area contributed by atoms with Gasteiger partial charge in [-0.25, -0.2) is 0 Å². The van der Waals surface area contributed by atoms with Crippen molar-refractivity contribution in [2.24, 2.45) is 0 Å². The zero-order chi connectivity index (χ0) is 14.1. The van der Waals surface area contributed by atoms with E-state index in [1.807, 2.05) is 11.8 Å². The molecule has 0 radical (unpaired) electrons. The van der Waals surface area contributed by atoms with Crippen molar-refractivity contribution in [1.29, 1.82) is 0 Å². The highest BCUT2D eigenvalue weighted by Crippen LogP contribution is 2.05. The Kier molecular flexibility index (Phi) is 7.43. The number of carbonyl (C=O) groups is 2. The molecule has 1 heterocycles. The molecule has 1 saturated heterocycles. The van der Waals surface area contributed by atoms with Gasteiger partial charge in [-0.3, -0.25) is 14.5 Å². The van der Waals surface area contributed by atoms with Gasteiger partial charge in [-0.15, -0.1) is 0 Å². The number of nitrogens with one attached hydrogen (secondary N) is 1. The van der Waals surface area contributed by atoms with Crippen molar-refractivity contribution in [2.75, 3.05) is 53.0 Å². The van der Waals surface area contributed by atoms with Gasteiger partial charge in [0.05, 0.1) is 6.61 Å². The molecule has 19 heavy (non-hydrogen) atoms. The van der Waals surface area contributed by atoms with E-state index in [0.717, 1.165) is 45.9 Å². The summed E-state index contributed by atoms with van der Waals surface area (Å²) in [5, 5.41) is 2.53. The van der Waals surface area contributed by atoms with Gasteiger partial charge < -0.3 is 15.0 Å². The van der Waals surface area contributed by atoms with Crippen molar-refractivity contribution in [3.63, 3.8) is 0 Å². The van der Waals surface area contributed by atoms with Gasteiger partial charge >= 0.3 is 0 Å². The van der Waals surface area contributed by atoms with Gasteiger partial charge in [0.2, 0.25) is 11.8 Å². The first-order valence-corrected chi connectivity index (χ1v) is 6.95. The number of carbonyl (C=O) groups excluding carboxylic acids is 2. The highest BCUT2D eigenvalue weighted by Gasteiger charge is 2.20. The third kappa shape index (κ3) is 6.02. The molecule has 0 bridgehead atoms. The number of hydrogen-bond acceptors (Lipinski definition) is 4. The van der Waals surface area contributed by atoms with E-state index < -0.39 is 0 Å². The lowest BCUT2D eigenvalue weighted by Gasteiger charge is -2.34. The molecule has 1 N–H and O–H groups in total. The lowest BCUT2D eigenvalue weighted by Crippen LogP contribution is -2.49. The van der Waals surface area contributed by atoms with Crippen molar-refractivity contribution >= 4 is 11.8 Å². The molecule has 6 nitrogen and oxygen atoms in total. The molecule has 0 spiro atoms. The normalized spacial score (nSPS) is 16.4. The Morgan fingerprint density at radius 2 is 1.84 bits per heavy atom. The van der Waals surface area contributed by atoms with E-state index >= 15 is 0 Å². The summed E-state index contributed by atoms with van der Waals surface area (Å²) in [5.41, 5.74) is 0. The Labute approximate surface area is 115 Å². The fourth-order valence-electron chi connectivity index (χ4n) is 2.06. The second-order valence-corrected chi connectivity index (χ2v) is 4.59. The maximum atomic E-state index is 11.9. The van der Waals surface area contributed by atoms with Gasteiger partial charge in [0.1, 0.15) is 0 Å². The van der Waals surface area contributed by atoms with Crippen molar-refractivity contribution in [3.8, 4) is 0 Å². The first kappa shape index (κ1) is 15.9. The first-order chi connectivity index (χ1) is 9.17. The average Bonchev–Trinajstić information content (AvgIpc) is 2.45. The SMILES string of the molecule is CCOCCN1CCN(C(=O)CCC(=O)NC)CC1. The minimum atomic E-state index is -0.0799. The maximum absolute atomic E-state index is 11.9. The van der Waals surface area contributed by atoms with Gasteiger partial charge in [-0.1, -0.05) is 0 Å². The third-order valence-corrected chi connectivity index (χ3v) is 3.33. The Bertz CT molecular complexity index is 289. The number of piperazine rings is 1. The van der Waals surface area contributed by atoms with Crippen molar-refractivity contribution in [2.45, 2.75) is 19.8 Å². The quantitative estimate of drug-likeness (QED) is 0.645. The van der Waals surface area contributed by atoms with Crippen LogP contribution >= 0.6 is 0 Å². The molecule has 1 rings (SSSR count). The smallest absolute Gasteiger partial charge is 0.223 e. The molecular formula is C13H25N3O3. The summed E-state index contributed by atoms with van der Waals surface area (Å²) in [6.45, 7) is 7.69. The summed E-state index contributed by atoms with van der Waals surface area (Å²) >= 11 is 0. The van der Waals surface area contributed by atoms with Crippen molar-refractivity contribution in [1.82, 2.24) is 15.1 Å². The summed E-state index contributed by atoms with van der Waals surface area (Å²) in [7, 11) is 1.59. The van der Waals surface area contributed by atoms with Crippen LogP contribution in [0.3, 0.4) is 0 Å². The summed E-state index contributed by atoms with van der Waals surface area (Å²) in [4.78, 5) is 27.1. The highest BCUT2D eigenvalue weighted by molar-refractivity contribution is 5.83. The summed E-state index contributed by atoms with van der Waals surface area (Å²) < 4.78 is 5.32. The fourth-order valence-corrected chi connectivity index (χ4v) is 2.06. The van der Waals surface area contributed by atoms with Crippen molar-refractivity contribution < 1.29 is 14.3 Å². The van der Waals surface area contributed by atoms with Crippen LogP contribution in [0.25, 0.3) is 0 Å². The molecule has 2 amide bonds. The molecule has 1 fully saturated rings. The predicted octanol–water partition coefficient (Wildman–Crippen LogP) is -0.307. The largest absolute Gasteiger partial charge is 0.380 e. The van der Waals surface area contributed by atoms with E-state index in [4.69, 9.17) is 4.74 Å². The topological polar surface area (TPSA) is 61.9 Å². The standard InChI is InChI=1S/C13H25N3O3/c1-3-19-11-10-15-6-8-16(9-7-15)13(18)5-4-12(17)14-2/h3-11H2,1-2H3,(H,14,17). The zero-order valence-corrected chi connectivity index (χ0v) is 12.0. The molecule has 1 aliphatic heterocycles. The van der Waals surface area contributed by atoms with Crippen LogP contribution in [0.2, 0.25) is 0 Å². The first-order valence-electron chi connectivity index (χ1n) is 6.95. The predicted molar refractivity (Wildman–Crippen MR) is 72.8 cm³/mol. The zero-order valence-electron chi connectivity index (χ0n) is 12.0. The molecule has 0 aromatic carbocycles. The third-order valence-electron chi connectivity index (χ3n) is 3.33. The summed E-state index contributed by atoms with van der Waals surface area (Å²) in [5.74, 6) is -0.00300. The summed E-state index contributed by atoms with van der Waals surface area (Å²) in [6.07, 6.45) is 0.582. The van der Waals surface area contributed by atoms with Gasteiger partial charge in [-0.2, -0.15) is 0 Å². The molecule has 0 atom stereocenters. The van der Waals surface area contributed by atoms with E-state index in [1.54, 1.807) is 7.05 Å². The van der Waals surface area contributed by atoms with Crippen LogP contribution in [-0.2, 0) is 14.3 Å². The molecule has 0 aromatic heterocycles. The maximum Gasteiger partial charge on any atom is 0.223 e. The number of hydrogen-bond donors (Lipinski definition) is 1. The Balaban J connectivity index is 2.18. The van der Waals surface area contributed by atoms with Crippen LogP contribution in [0.5, 0.6) is 0 Å². The number of rotatable bonds is 7. The Morgan fingerprint density at radius 3 is 2.42 bits per heavy atom. The van der Waals surface area contributed by atoms with Gasteiger partial charge in [-0.05, 0) is 6.92 Å². The van der Waals surface area contributed by atoms with E-state index in [-0.39, 0.29) is 18.2 Å². The number of amides is 2. The van der Waals surface area contributed by atoms with E-state index in [2.05, 4.69) is 10.2 Å². The minimum absolute atomic E-state index is 0.0769. The van der Waals surface area contributed by atoms with Crippen LogP contribution < -0.4 is 5.32 Å². The molecule has 0 aliphatic carbocycles. The Morgan fingerprint density at radius 1 is 1.16 bits per heavy atom. The minimum Gasteiger partial charge on any atom is -0.380 e. The summed E-state index contributed by atoms with van der Waals surface area (Å²) in [6, 6.07) is 0. The van der Waals surface area contributed by atoms with Crippen molar-refractivity contribution in [3.05, 3.63) is 0 Å². The fraction of sp³-hybridized carbons (Fsp3) is 0.846. The van der Waals surface area contributed by atoms with E-state index in [0.29, 0.717) is 6.42 Å². The van der Waals surface area contributed by atoms with Crippen LogP contribution in [0, 0.1) is 0 Å².